The molecule has 0 spiro atoms. The van der Waals surface area contributed by atoms with Crippen molar-refractivity contribution in [1.82, 2.24) is 10.2 Å². The zero-order chi connectivity index (χ0) is 28.1. The number of amides is 3. The number of ether oxygens (including phenoxy) is 2. The van der Waals surface area contributed by atoms with Gasteiger partial charge in [-0.3, -0.25) is 19.4 Å². The van der Waals surface area contributed by atoms with Crippen LogP contribution in [0.3, 0.4) is 0 Å². The Bertz CT molecular complexity index is 1350. The van der Waals surface area contributed by atoms with Crippen LogP contribution in [0.25, 0.3) is 0 Å². The van der Waals surface area contributed by atoms with Gasteiger partial charge in [-0.05, 0) is 43.5 Å². The fraction of sp³-hybridized carbons (Fsp3) is 0.414. The van der Waals surface area contributed by atoms with Crippen molar-refractivity contribution in [2.45, 2.75) is 57.0 Å². The summed E-state index contributed by atoms with van der Waals surface area (Å²) in [4.78, 5) is 49.9. The molecule has 2 aromatic rings. The summed E-state index contributed by atoms with van der Waals surface area (Å²) in [6.45, 7) is 0. The SMILES string of the molecule is COc1ccc(OC)c(NC(=O)CSC2=Nc3ccccc3C3=N[C@H](CCC(=O)NC4CCCCC4)C(=O)N23)c1. The minimum atomic E-state index is -0.682. The van der Waals surface area contributed by atoms with E-state index in [0.717, 1.165) is 43.0 Å². The van der Waals surface area contributed by atoms with E-state index in [-0.39, 0.29) is 35.9 Å². The third kappa shape index (κ3) is 6.14. The zero-order valence-corrected chi connectivity index (χ0v) is 23.5. The van der Waals surface area contributed by atoms with Crippen molar-refractivity contribution < 1.29 is 23.9 Å². The normalized spacial score (nSPS) is 18.3. The van der Waals surface area contributed by atoms with Crippen LogP contribution in [-0.2, 0) is 14.4 Å². The smallest absolute Gasteiger partial charge is 0.259 e. The number of nitrogens with one attached hydrogen (secondary N) is 2. The van der Waals surface area contributed by atoms with Crippen LogP contribution in [0.15, 0.2) is 52.4 Å². The van der Waals surface area contributed by atoms with Crippen LogP contribution in [0.5, 0.6) is 11.5 Å². The predicted molar refractivity (Wildman–Crippen MR) is 156 cm³/mol. The van der Waals surface area contributed by atoms with E-state index < -0.39 is 6.04 Å². The monoisotopic (exact) mass is 563 g/mol. The van der Waals surface area contributed by atoms with E-state index >= 15 is 0 Å². The summed E-state index contributed by atoms with van der Waals surface area (Å²) in [5.74, 6) is 1.02. The van der Waals surface area contributed by atoms with E-state index in [0.29, 0.717) is 40.3 Å². The molecule has 40 heavy (non-hydrogen) atoms. The van der Waals surface area contributed by atoms with Gasteiger partial charge in [-0.2, -0.15) is 0 Å². The van der Waals surface area contributed by atoms with Crippen molar-refractivity contribution in [1.29, 1.82) is 0 Å². The van der Waals surface area contributed by atoms with Gasteiger partial charge in [0.2, 0.25) is 11.8 Å². The topological polar surface area (TPSA) is 122 Å². The minimum absolute atomic E-state index is 0.00683. The summed E-state index contributed by atoms with van der Waals surface area (Å²) < 4.78 is 10.6. The lowest BCUT2D eigenvalue weighted by Gasteiger charge is -2.25. The summed E-state index contributed by atoms with van der Waals surface area (Å²) in [7, 11) is 3.07. The lowest BCUT2D eigenvalue weighted by atomic mass is 9.95. The Hall–Kier alpha value is -3.86. The lowest BCUT2D eigenvalue weighted by Crippen LogP contribution is -2.42. The third-order valence-electron chi connectivity index (χ3n) is 7.18. The molecule has 2 heterocycles. The quantitative estimate of drug-likeness (QED) is 0.470. The summed E-state index contributed by atoms with van der Waals surface area (Å²) in [5, 5.41) is 6.33. The van der Waals surface area contributed by atoms with Gasteiger partial charge in [0, 0.05) is 24.1 Å². The molecule has 2 aliphatic heterocycles. The Morgan fingerprint density at radius 2 is 1.85 bits per heavy atom. The summed E-state index contributed by atoms with van der Waals surface area (Å²) >= 11 is 1.15. The summed E-state index contributed by atoms with van der Waals surface area (Å²) in [6.07, 6.45) is 6.05. The second-order valence-corrected chi connectivity index (χ2v) is 10.8. The molecular weight excluding hydrogens is 530 g/mol. The van der Waals surface area contributed by atoms with Crippen LogP contribution >= 0.6 is 11.8 Å². The highest BCUT2D eigenvalue weighted by Gasteiger charge is 2.41. The lowest BCUT2D eigenvalue weighted by molar-refractivity contribution is -0.125. The first kappa shape index (κ1) is 27.7. The second kappa shape index (κ2) is 12.5. The molecule has 0 unspecified atom stereocenters. The van der Waals surface area contributed by atoms with Gasteiger partial charge in [-0.15, -0.1) is 0 Å². The average Bonchev–Trinajstić information content (AvgIpc) is 3.31. The number of aliphatic imine (C=N–C) groups is 2. The third-order valence-corrected chi connectivity index (χ3v) is 8.11. The Balaban J connectivity index is 1.26. The van der Waals surface area contributed by atoms with Crippen molar-refractivity contribution >= 4 is 51.9 Å². The molecule has 1 saturated carbocycles. The van der Waals surface area contributed by atoms with Crippen LogP contribution in [0, 0.1) is 0 Å². The molecule has 3 amide bonds. The molecule has 0 aromatic heterocycles. The van der Waals surface area contributed by atoms with Gasteiger partial charge in [0.25, 0.3) is 5.91 Å². The number of nitrogens with zero attached hydrogens (tertiary/aromatic N) is 3. The minimum Gasteiger partial charge on any atom is -0.497 e. The van der Waals surface area contributed by atoms with Crippen molar-refractivity contribution in [3.8, 4) is 11.5 Å². The zero-order valence-electron chi connectivity index (χ0n) is 22.6. The number of para-hydroxylation sites is 1. The molecule has 3 aliphatic rings. The number of amidine groups is 2. The van der Waals surface area contributed by atoms with E-state index in [1.165, 1.54) is 18.4 Å². The largest absolute Gasteiger partial charge is 0.497 e. The number of benzene rings is 2. The molecule has 5 rings (SSSR count). The Morgan fingerprint density at radius 3 is 2.62 bits per heavy atom. The van der Waals surface area contributed by atoms with E-state index in [1.54, 1.807) is 25.3 Å². The van der Waals surface area contributed by atoms with Crippen molar-refractivity contribution in [3.05, 3.63) is 48.0 Å². The molecule has 1 fully saturated rings. The number of fused-ring (bicyclic) bond motifs is 3. The van der Waals surface area contributed by atoms with Gasteiger partial charge < -0.3 is 20.1 Å². The highest BCUT2D eigenvalue weighted by Crippen LogP contribution is 2.35. The molecular formula is C29H33N5O5S. The number of hydrogen-bond acceptors (Lipinski definition) is 8. The molecule has 11 heteroatoms. The van der Waals surface area contributed by atoms with Gasteiger partial charge in [-0.1, -0.05) is 43.2 Å². The van der Waals surface area contributed by atoms with Crippen LogP contribution in [0.4, 0.5) is 11.4 Å². The van der Waals surface area contributed by atoms with E-state index in [2.05, 4.69) is 15.6 Å². The number of thioether (sulfide) groups is 1. The van der Waals surface area contributed by atoms with Gasteiger partial charge in [0.05, 0.1) is 31.3 Å². The number of hydrogen-bond donors (Lipinski definition) is 2. The fourth-order valence-electron chi connectivity index (χ4n) is 5.13. The van der Waals surface area contributed by atoms with Gasteiger partial charge in [0.15, 0.2) is 5.17 Å². The standard InChI is InChI=1S/C29H33N5O5S/c1-38-19-12-14-24(39-2)23(16-19)31-26(36)17-40-29-33-21-11-7-6-10-20(21)27-32-22(28(37)34(27)29)13-15-25(35)30-18-8-4-3-5-9-18/h6-7,10-12,14,16,18,22H,3-5,8-9,13,15,17H2,1-2H3,(H,30,35)(H,31,36)/t22-/m1/s1. The molecule has 210 valence electrons. The first-order chi connectivity index (χ1) is 19.5. The van der Waals surface area contributed by atoms with Crippen molar-refractivity contribution in [2.75, 3.05) is 25.3 Å². The average molecular weight is 564 g/mol. The fourth-order valence-corrected chi connectivity index (χ4v) is 5.93. The van der Waals surface area contributed by atoms with E-state index in [1.807, 2.05) is 24.3 Å². The van der Waals surface area contributed by atoms with Crippen LogP contribution < -0.4 is 20.1 Å². The number of rotatable bonds is 9. The van der Waals surface area contributed by atoms with Crippen LogP contribution in [0.2, 0.25) is 0 Å². The number of anilines is 1. The maximum atomic E-state index is 13.5. The number of methoxy groups -OCH3 is 2. The summed E-state index contributed by atoms with van der Waals surface area (Å²) in [6, 6.07) is 12.1. The maximum Gasteiger partial charge on any atom is 0.259 e. The predicted octanol–water partition coefficient (Wildman–Crippen LogP) is 4.26. The van der Waals surface area contributed by atoms with Gasteiger partial charge >= 0.3 is 0 Å². The Morgan fingerprint density at radius 1 is 1.05 bits per heavy atom. The molecule has 0 radical (unpaired) electrons. The van der Waals surface area contributed by atoms with Gasteiger partial charge in [-0.25, -0.2) is 9.89 Å². The Kier molecular flexibility index (Phi) is 8.69. The van der Waals surface area contributed by atoms with Crippen LogP contribution in [0.1, 0.15) is 50.5 Å². The molecule has 0 bridgehead atoms. The highest BCUT2D eigenvalue weighted by atomic mass is 32.2. The Labute approximate surface area is 237 Å². The molecule has 1 aliphatic carbocycles. The molecule has 0 saturated heterocycles. The van der Waals surface area contributed by atoms with E-state index in [9.17, 15) is 14.4 Å². The summed E-state index contributed by atoms with van der Waals surface area (Å²) in [5.41, 5.74) is 1.91. The number of carbonyl (C=O) groups excluding carboxylic acids is 3. The van der Waals surface area contributed by atoms with Crippen LogP contribution in [-0.4, -0.2) is 65.7 Å². The second-order valence-electron chi connectivity index (χ2n) is 9.90. The van der Waals surface area contributed by atoms with Crippen molar-refractivity contribution in [2.24, 2.45) is 9.98 Å². The molecule has 2 aromatic carbocycles. The van der Waals surface area contributed by atoms with Gasteiger partial charge in [0.1, 0.15) is 23.4 Å². The number of carbonyl (C=O) groups is 3. The molecule has 1 atom stereocenters. The first-order valence-electron chi connectivity index (χ1n) is 13.5. The first-order valence-corrected chi connectivity index (χ1v) is 14.5. The maximum absolute atomic E-state index is 13.5. The molecule has 2 N–H and O–H groups in total. The highest BCUT2D eigenvalue weighted by molar-refractivity contribution is 8.14. The molecule has 10 nitrogen and oxygen atoms in total. The van der Waals surface area contributed by atoms with E-state index in [4.69, 9.17) is 14.5 Å². The van der Waals surface area contributed by atoms with Crippen molar-refractivity contribution in [3.63, 3.8) is 0 Å².